The Morgan fingerprint density at radius 3 is 2.57 bits per heavy atom. The summed E-state index contributed by atoms with van der Waals surface area (Å²) in [7, 11) is 2.99. The summed E-state index contributed by atoms with van der Waals surface area (Å²) in [6, 6.07) is 6.85. The number of methoxy groups -OCH3 is 1. The molecule has 37 heavy (non-hydrogen) atoms. The minimum Gasteiger partial charge on any atom is -0.497 e. The number of pyridine rings is 1. The number of fused-ring (bicyclic) bond motifs is 1. The molecule has 4 aromatic rings. The molecule has 0 spiro atoms. The minimum atomic E-state index is -4.66. The number of anilines is 1. The van der Waals surface area contributed by atoms with Crippen molar-refractivity contribution in [2.45, 2.75) is 25.7 Å². The number of amides is 1. The fourth-order valence-corrected chi connectivity index (χ4v) is 4.62. The minimum absolute atomic E-state index is 0.0672. The van der Waals surface area contributed by atoms with Crippen molar-refractivity contribution in [2.24, 2.45) is 7.05 Å². The molecule has 0 saturated carbocycles. The number of hydrogen-bond donors (Lipinski definition) is 1. The quantitative estimate of drug-likeness (QED) is 0.425. The van der Waals surface area contributed by atoms with Gasteiger partial charge in [-0.3, -0.25) is 14.5 Å². The molecule has 0 unspecified atom stereocenters. The number of carbonyl (C=O) groups excluding carboxylic acids is 1. The molecule has 192 valence electrons. The molecular weight excluding hydrogens is 487 g/mol. The summed E-state index contributed by atoms with van der Waals surface area (Å²) < 4.78 is 49.7. The van der Waals surface area contributed by atoms with Crippen molar-refractivity contribution < 1.29 is 22.7 Å². The maximum atomic E-state index is 13.9. The van der Waals surface area contributed by atoms with Crippen LogP contribution in [0.1, 0.15) is 32.9 Å². The number of nitrogens with two attached hydrogens (primary N) is 1. The first kappa shape index (κ1) is 24.3. The van der Waals surface area contributed by atoms with Crippen molar-refractivity contribution in [3.05, 3.63) is 77.1 Å². The normalized spacial score (nSPS) is 13.6. The summed E-state index contributed by atoms with van der Waals surface area (Å²) in [5, 5.41) is 3.67. The molecule has 1 aliphatic rings. The Morgan fingerprint density at radius 2 is 1.86 bits per heavy atom. The molecule has 1 aliphatic heterocycles. The Balaban J connectivity index is 1.60. The summed E-state index contributed by atoms with van der Waals surface area (Å²) in [5.74, 6) is 0.590. The molecule has 4 heterocycles. The highest BCUT2D eigenvalue weighted by atomic mass is 19.4. The Morgan fingerprint density at radius 1 is 1.08 bits per heavy atom. The summed E-state index contributed by atoms with van der Waals surface area (Å²) in [4.78, 5) is 23.6. The van der Waals surface area contributed by atoms with E-state index in [0.717, 1.165) is 4.68 Å². The number of nitrogens with zero attached hydrogens (tertiary/aromatic N) is 6. The molecule has 2 N–H and O–H groups in total. The van der Waals surface area contributed by atoms with Crippen LogP contribution in [0.4, 0.5) is 19.1 Å². The largest absolute Gasteiger partial charge is 0.497 e. The van der Waals surface area contributed by atoms with Gasteiger partial charge in [0.1, 0.15) is 5.75 Å². The van der Waals surface area contributed by atoms with E-state index in [1.54, 1.807) is 53.2 Å². The number of nitrogen functional groups attached to an aromatic ring is 1. The van der Waals surface area contributed by atoms with Gasteiger partial charge in [-0.25, -0.2) is 4.98 Å². The van der Waals surface area contributed by atoms with Crippen LogP contribution in [-0.2, 0) is 32.7 Å². The number of aryl methyl sites for hydroxylation is 1. The second-order valence-corrected chi connectivity index (χ2v) is 8.81. The molecule has 5 rings (SSSR count). The van der Waals surface area contributed by atoms with Gasteiger partial charge >= 0.3 is 6.18 Å². The third-order valence-corrected chi connectivity index (χ3v) is 6.32. The van der Waals surface area contributed by atoms with Crippen molar-refractivity contribution in [2.75, 3.05) is 19.4 Å². The van der Waals surface area contributed by atoms with Crippen LogP contribution in [0.2, 0.25) is 0 Å². The van der Waals surface area contributed by atoms with Crippen LogP contribution in [0.3, 0.4) is 0 Å². The molecule has 9 nitrogen and oxygen atoms in total. The molecule has 0 aliphatic carbocycles. The lowest BCUT2D eigenvalue weighted by Gasteiger charge is -2.30. The van der Waals surface area contributed by atoms with E-state index in [2.05, 4.69) is 15.1 Å². The van der Waals surface area contributed by atoms with E-state index < -0.39 is 11.9 Å². The van der Waals surface area contributed by atoms with Gasteiger partial charge in [0.25, 0.3) is 5.91 Å². The lowest BCUT2D eigenvalue weighted by Crippen LogP contribution is -2.37. The van der Waals surface area contributed by atoms with Gasteiger partial charge in [-0.2, -0.15) is 18.3 Å². The summed E-state index contributed by atoms with van der Waals surface area (Å²) in [6.45, 7) is 0.801. The first-order valence-corrected chi connectivity index (χ1v) is 11.5. The second-order valence-electron chi connectivity index (χ2n) is 8.81. The van der Waals surface area contributed by atoms with Gasteiger partial charge in [-0.05, 0) is 41.3 Å². The number of hydrogen-bond acceptors (Lipinski definition) is 6. The summed E-state index contributed by atoms with van der Waals surface area (Å²) in [5.41, 5.74) is 7.35. The Hall–Kier alpha value is -4.35. The van der Waals surface area contributed by atoms with E-state index in [1.807, 2.05) is 0 Å². The Bertz CT molecular complexity index is 1480. The maximum absolute atomic E-state index is 13.9. The van der Waals surface area contributed by atoms with Crippen molar-refractivity contribution in [3.63, 3.8) is 0 Å². The molecule has 0 atom stereocenters. The molecule has 1 amide bonds. The van der Waals surface area contributed by atoms with Gasteiger partial charge in [0.05, 0.1) is 25.9 Å². The highest BCUT2D eigenvalue weighted by Crippen LogP contribution is 2.40. The van der Waals surface area contributed by atoms with Crippen LogP contribution in [0.25, 0.3) is 11.1 Å². The molecule has 0 bridgehead atoms. The second kappa shape index (κ2) is 9.26. The lowest BCUT2D eigenvalue weighted by molar-refractivity contribution is -0.140. The van der Waals surface area contributed by atoms with Gasteiger partial charge in [0.15, 0.2) is 11.6 Å². The third-order valence-electron chi connectivity index (χ3n) is 6.32. The van der Waals surface area contributed by atoms with Gasteiger partial charge in [-0.1, -0.05) is 0 Å². The number of halogens is 3. The fourth-order valence-electron chi connectivity index (χ4n) is 4.62. The van der Waals surface area contributed by atoms with E-state index in [1.165, 1.54) is 19.4 Å². The predicted octanol–water partition coefficient (Wildman–Crippen LogP) is 3.54. The van der Waals surface area contributed by atoms with Crippen LogP contribution >= 0.6 is 0 Å². The molecular formula is C25H24F3N7O2. The van der Waals surface area contributed by atoms with Crippen molar-refractivity contribution in [1.82, 2.24) is 29.2 Å². The smallest absolute Gasteiger partial charge is 0.435 e. The van der Waals surface area contributed by atoms with E-state index in [9.17, 15) is 18.0 Å². The van der Waals surface area contributed by atoms with Crippen LogP contribution < -0.4 is 10.5 Å². The highest BCUT2D eigenvalue weighted by molar-refractivity contribution is 5.99. The number of ether oxygens (including phenoxy) is 1. The topological polar surface area (TPSA) is 104 Å². The SMILES string of the molecule is COc1ccnc(CN2CCc3c(cc(Cn4ccnc4N)cc3-c3cn(C)nc3C(F)(F)F)C2=O)c1. The van der Waals surface area contributed by atoms with Gasteiger partial charge < -0.3 is 19.9 Å². The van der Waals surface area contributed by atoms with Crippen molar-refractivity contribution >= 4 is 11.9 Å². The van der Waals surface area contributed by atoms with E-state index in [4.69, 9.17) is 10.5 Å². The number of rotatable bonds is 6. The zero-order valence-electron chi connectivity index (χ0n) is 20.2. The van der Waals surface area contributed by atoms with Crippen LogP contribution in [0, 0.1) is 0 Å². The summed E-state index contributed by atoms with van der Waals surface area (Å²) in [6.07, 6.45) is 1.86. The number of benzene rings is 1. The van der Waals surface area contributed by atoms with Gasteiger partial charge in [0, 0.05) is 55.6 Å². The zero-order valence-corrected chi connectivity index (χ0v) is 20.2. The number of alkyl halides is 3. The third kappa shape index (κ3) is 4.74. The van der Waals surface area contributed by atoms with Crippen molar-refractivity contribution in [1.29, 1.82) is 0 Å². The Labute approximate surface area is 210 Å². The summed E-state index contributed by atoms with van der Waals surface area (Å²) >= 11 is 0. The lowest BCUT2D eigenvalue weighted by atomic mass is 9.88. The van der Waals surface area contributed by atoms with E-state index >= 15 is 0 Å². The zero-order chi connectivity index (χ0) is 26.3. The molecule has 0 saturated heterocycles. The van der Waals surface area contributed by atoms with Gasteiger partial charge in [-0.15, -0.1) is 0 Å². The average molecular weight is 512 g/mol. The maximum Gasteiger partial charge on any atom is 0.435 e. The molecule has 1 aromatic carbocycles. The van der Waals surface area contributed by atoms with E-state index in [-0.39, 0.29) is 30.5 Å². The van der Waals surface area contributed by atoms with E-state index in [0.29, 0.717) is 46.7 Å². The van der Waals surface area contributed by atoms with Crippen molar-refractivity contribution in [3.8, 4) is 16.9 Å². The number of imidazole rings is 1. The van der Waals surface area contributed by atoms with Crippen LogP contribution in [0.15, 0.2) is 49.1 Å². The molecule has 3 aromatic heterocycles. The van der Waals surface area contributed by atoms with Crippen LogP contribution in [-0.4, -0.2) is 48.8 Å². The number of aromatic nitrogens is 5. The fraction of sp³-hybridized carbons (Fsp3) is 0.280. The predicted molar refractivity (Wildman–Crippen MR) is 129 cm³/mol. The van der Waals surface area contributed by atoms with Crippen LogP contribution in [0.5, 0.6) is 5.75 Å². The standard InChI is InChI=1S/C25H24F3N7O2/c1-33-14-21(22(32-33)25(26,27)28)19-9-15(12-35-8-6-31-24(35)29)10-20-18(19)4-7-34(23(20)36)13-16-11-17(37-2)3-5-30-16/h3,5-6,8-11,14H,4,7,12-13H2,1-2H3,(H2,29,31). The first-order valence-electron chi connectivity index (χ1n) is 11.5. The highest BCUT2D eigenvalue weighted by Gasteiger charge is 2.39. The monoisotopic (exact) mass is 511 g/mol. The molecule has 0 radical (unpaired) electrons. The molecule has 12 heteroatoms. The number of carbonyl (C=O) groups is 1. The average Bonchev–Trinajstić information content (AvgIpc) is 3.46. The molecule has 0 fully saturated rings. The van der Waals surface area contributed by atoms with Gasteiger partial charge in [0.2, 0.25) is 0 Å². The Kier molecular flexibility index (Phi) is 6.10. The first-order chi connectivity index (χ1) is 17.6.